The molecular weight excluding hydrogens is 192 g/mol. The predicted molar refractivity (Wildman–Crippen MR) is 48.3 cm³/mol. The first-order valence-electron chi connectivity index (χ1n) is 3.95. The van der Waals surface area contributed by atoms with Gasteiger partial charge in [-0.05, 0) is 6.42 Å². The summed E-state index contributed by atoms with van der Waals surface area (Å²) in [4.78, 5) is 0. The summed E-state index contributed by atoms with van der Waals surface area (Å²) in [5, 5.41) is 16.8. The van der Waals surface area contributed by atoms with Gasteiger partial charge in [0.15, 0.2) is 0 Å². The van der Waals surface area contributed by atoms with Crippen LogP contribution in [0.4, 0.5) is 0 Å². The van der Waals surface area contributed by atoms with Crippen molar-refractivity contribution in [3.63, 3.8) is 0 Å². The highest BCUT2D eigenvalue weighted by atomic mass is 32.2. The third-order valence-corrected chi connectivity index (χ3v) is 2.82. The van der Waals surface area contributed by atoms with E-state index < -0.39 is 10.0 Å². The highest BCUT2D eigenvalue weighted by Gasteiger charge is 2.14. The third-order valence-electron chi connectivity index (χ3n) is 1.51. The topological polar surface area (TPSA) is 81.4 Å². The number of nitrogens with zero attached hydrogens (tertiary/aromatic N) is 2. The van der Waals surface area contributed by atoms with E-state index in [1.165, 1.54) is 4.31 Å². The zero-order valence-electron chi connectivity index (χ0n) is 7.60. The third kappa shape index (κ3) is 5.58. The van der Waals surface area contributed by atoms with Crippen molar-refractivity contribution < 1.29 is 13.5 Å². The maximum absolute atomic E-state index is 11.0. The van der Waals surface area contributed by atoms with Crippen LogP contribution in [0.5, 0.6) is 0 Å². The van der Waals surface area contributed by atoms with E-state index in [-0.39, 0.29) is 13.2 Å². The van der Waals surface area contributed by atoms with Crippen LogP contribution in [0.3, 0.4) is 0 Å². The molecule has 0 saturated carbocycles. The Labute approximate surface area is 78.6 Å². The van der Waals surface area contributed by atoms with Gasteiger partial charge in [0.25, 0.3) is 0 Å². The summed E-state index contributed by atoms with van der Waals surface area (Å²) in [6.45, 7) is 0.205. The quantitative estimate of drug-likeness (QED) is 0.596. The molecule has 0 unspecified atom stereocenters. The lowest BCUT2D eigenvalue weighted by molar-refractivity contribution is 0.253. The van der Waals surface area contributed by atoms with E-state index in [4.69, 9.17) is 10.4 Å². The van der Waals surface area contributed by atoms with Crippen molar-refractivity contribution in [3.05, 3.63) is 0 Å². The lowest BCUT2D eigenvalue weighted by atomic mass is 10.3. The van der Waals surface area contributed by atoms with Gasteiger partial charge in [0.2, 0.25) is 10.0 Å². The number of hydrogen-bond acceptors (Lipinski definition) is 4. The van der Waals surface area contributed by atoms with Crippen LogP contribution >= 0.6 is 0 Å². The number of rotatable bonds is 6. The SMILES string of the molecule is CS(=O)(=O)N(CCO)CCCC#N. The molecule has 0 heterocycles. The average molecular weight is 206 g/mol. The Hall–Kier alpha value is -0.640. The molecule has 0 radical (unpaired) electrons. The maximum atomic E-state index is 11.0. The molecular formula is C7H14N2O3S. The molecule has 0 spiro atoms. The van der Waals surface area contributed by atoms with Gasteiger partial charge < -0.3 is 5.11 Å². The van der Waals surface area contributed by atoms with Crippen LogP contribution in [0.2, 0.25) is 0 Å². The van der Waals surface area contributed by atoms with Gasteiger partial charge in [-0.2, -0.15) is 9.57 Å². The second kappa shape index (κ2) is 5.91. The normalized spacial score (nSPS) is 11.5. The molecule has 6 heteroatoms. The van der Waals surface area contributed by atoms with E-state index in [0.717, 1.165) is 6.26 Å². The zero-order chi connectivity index (χ0) is 10.3. The van der Waals surface area contributed by atoms with Crippen LogP contribution in [0.25, 0.3) is 0 Å². The predicted octanol–water partition coefficient (Wildman–Crippen LogP) is -0.456. The van der Waals surface area contributed by atoms with Crippen LogP contribution in [0.15, 0.2) is 0 Å². The molecule has 0 rings (SSSR count). The molecule has 5 nitrogen and oxygen atoms in total. The minimum atomic E-state index is -3.24. The molecule has 0 aliphatic carbocycles. The first kappa shape index (κ1) is 12.4. The number of nitriles is 1. The second-order valence-electron chi connectivity index (χ2n) is 2.65. The Morgan fingerprint density at radius 3 is 2.46 bits per heavy atom. The molecule has 0 aromatic carbocycles. The number of sulfonamides is 1. The summed E-state index contributed by atoms with van der Waals surface area (Å²) >= 11 is 0. The van der Waals surface area contributed by atoms with Crippen molar-refractivity contribution in [3.8, 4) is 6.07 Å². The molecule has 0 amide bonds. The largest absolute Gasteiger partial charge is 0.395 e. The highest BCUT2D eigenvalue weighted by Crippen LogP contribution is 2.00. The molecule has 0 aliphatic heterocycles. The van der Waals surface area contributed by atoms with E-state index in [2.05, 4.69) is 0 Å². The fraction of sp³-hybridized carbons (Fsp3) is 0.857. The number of hydrogen-bond donors (Lipinski definition) is 1. The molecule has 0 atom stereocenters. The monoisotopic (exact) mass is 206 g/mol. The summed E-state index contributed by atoms with van der Waals surface area (Å²) in [5.41, 5.74) is 0. The Balaban J connectivity index is 4.05. The van der Waals surface area contributed by atoms with Crippen molar-refractivity contribution in [1.29, 1.82) is 5.26 Å². The number of aliphatic hydroxyl groups is 1. The summed E-state index contributed by atoms with van der Waals surface area (Å²) in [6, 6.07) is 1.93. The van der Waals surface area contributed by atoms with Crippen LogP contribution < -0.4 is 0 Å². The molecule has 0 aromatic rings. The molecule has 13 heavy (non-hydrogen) atoms. The van der Waals surface area contributed by atoms with Crippen molar-refractivity contribution in [2.45, 2.75) is 12.8 Å². The van der Waals surface area contributed by atoms with E-state index in [0.29, 0.717) is 19.4 Å². The van der Waals surface area contributed by atoms with E-state index >= 15 is 0 Å². The number of unbranched alkanes of at least 4 members (excludes halogenated alkanes) is 1. The molecule has 0 fully saturated rings. The van der Waals surface area contributed by atoms with Gasteiger partial charge in [0, 0.05) is 19.5 Å². The number of aliphatic hydroxyl groups excluding tert-OH is 1. The van der Waals surface area contributed by atoms with Gasteiger partial charge in [-0.25, -0.2) is 8.42 Å². The van der Waals surface area contributed by atoms with Crippen LogP contribution in [0, 0.1) is 11.3 Å². The van der Waals surface area contributed by atoms with E-state index in [1.807, 2.05) is 6.07 Å². The average Bonchev–Trinajstić information content (AvgIpc) is 2.01. The standard InChI is InChI=1S/C7H14N2O3S/c1-13(11,12)9(6-7-10)5-3-2-4-8/h10H,2-3,5-7H2,1H3. The smallest absolute Gasteiger partial charge is 0.211 e. The molecule has 0 bridgehead atoms. The van der Waals surface area contributed by atoms with Crippen LogP contribution in [-0.2, 0) is 10.0 Å². The van der Waals surface area contributed by atoms with Gasteiger partial charge >= 0.3 is 0 Å². The van der Waals surface area contributed by atoms with Crippen molar-refractivity contribution >= 4 is 10.0 Å². The Morgan fingerprint density at radius 1 is 1.46 bits per heavy atom. The van der Waals surface area contributed by atoms with Gasteiger partial charge in [-0.15, -0.1) is 0 Å². The van der Waals surface area contributed by atoms with Gasteiger partial charge in [-0.3, -0.25) is 0 Å². The fourth-order valence-corrected chi connectivity index (χ4v) is 1.76. The molecule has 0 aromatic heterocycles. The second-order valence-corrected chi connectivity index (χ2v) is 4.63. The van der Waals surface area contributed by atoms with Crippen LogP contribution in [0.1, 0.15) is 12.8 Å². The highest BCUT2D eigenvalue weighted by molar-refractivity contribution is 7.88. The van der Waals surface area contributed by atoms with Gasteiger partial charge in [-0.1, -0.05) is 0 Å². The Kier molecular flexibility index (Phi) is 5.62. The summed E-state index contributed by atoms with van der Waals surface area (Å²) in [7, 11) is -3.24. The minimum Gasteiger partial charge on any atom is -0.395 e. The summed E-state index contributed by atoms with van der Waals surface area (Å²) in [5.74, 6) is 0. The van der Waals surface area contributed by atoms with E-state index in [9.17, 15) is 8.42 Å². The molecule has 76 valence electrons. The lowest BCUT2D eigenvalue weighted by Gasteiger charge is -2.17. The first-order valence-corrected chi connectivity index (χ1v) is 5.80. The Morgan fingerprint density at radius 2 is 2.08 bits per heavy atom. The fourth-order valence-electron chi connectivity index (χ4n) is 0.889. The van der Waals surface area contributed by atoms with Crippen molar-refractivity contribution in [2.24, 2.45) is 0 Å². The van der Waals surface area contributed by atoms with Crippen molar-refractivity contribution in [2.75, 3.05) is 26.0 Å². The first-order chi connectivity index (χ1) is 6.02. The summed E-state index contributed by atoms with van der Waals surface area (Å²) in [6.07, 6.45) is 1.93. The zero-order valence-corrected chi connectivity index (χ0v) is 8.42. The van der Waals surface area contributed by atoms with Gasteiger partial charge in [0.1, 0.15) is 0 Å². The molecule has 0 aliphatic rings. The minimum absolute atomic E-state index is 0.101. The van der Waals surface area contributed by atoms with Gasteiger partial charge in [0.05, 0.1) is 18.9 Å². The molecule has 0 saturated heterocycles. The van der Waals surface area contributed by atoms with Crippen molar-refractivity contribution in [1.82, 2.24) is 4.31 Å². The summed E-state index contributed by atoms with van der Waals surface area (Å²) < 4.78 is 23.3. The van der Waals surface area contributed by atoms with Crippen LogP contribution in [-0.4, -0.2) is 43.8 Å². The lowest BCUT2D eigenvalue weighted by Crippen LogP contribution is -2.33. The molecule has 1 N–H and O–H groups in total. The maximum Gasteiger partial charge on any atom is 0.211 e. The van der Waals surface area contributed by atoms with E-state index in [1.54, 1.807) is 0 Å². The Bertz CT molecular complexity index is 268.